The summed E-state index contributed by atoms with van der Waals surface area (Å²) in [5.74, 6) is 1.46. The van der Waals surface area contributed by atoms with Crippen molar-refractivity contribution in [3.63, 3.8) is 0 Å². The van der Waals surface area contributed by atoms with Gasteiger partial charge >= 0.3 is 6.03 Å². The molecule has 0 saturated carbocycles. The van der Waals surface area contributed by atoms with Crippen LogP contribution < -0.4 is 10.5 Å². The summed E-state index contributed by atoms with van der Waals surface area (Å²) in [6, 6.07) is 12.8. The fraction of sp³-hybridized carbons (Fsp3) is 0.286. The minimum atomic E-state index is -3.86. The lowest BCUT2D eigenvalue weighted by Crippen LogP contribution is -2.35. The molecule has 3 N–H and O–H groups in total. The highest BCUT2D eigenvalue weighted by Crippen LogP contribution is 2.32. The Kier molecular flexibility index (Phi) is 6.18. The lowest BCUT2D eigenvalue weighted by Gasteiger charge is -2.25. The Morgan fingerprint density at radius 3 is 2.69 bits per heavy atom. The van der Waals surface area contributed by atoms with Gasteiger partial charge in [-0.05, 0) is 55.7 Å². The number of carbonyl (C=O) groups excluding carboxylic acids is 1. The van der Waals surface area contributed by atoms with Crippen molar-refractivity contribution in [2.75, 3.05) is 11.9 Å². The van der Waals surface area contributed by atoms with Crippen molar-refractivity contribution in [1.82, 2.24) is 19.7 Å². The average molecular weight is 475 g/mol. The molecule has 2 amide bonds. The van der Waals surface area contributed by atoms with Crippen LogP contribution >= 0.6 is 11.6 Å². The Morgan fingerprint density at radius 1 is 1.22 bits per heavy atom. The summed E-state index contributed by atoms with van der Waals surface area (Å²) < 4.78 is 25.2. The second kappa shape index (κ2) is 8.89. The third-order valence-electron chi connectivity index (χ3n) is 5.44. The van der Waals surface area contributed by atoms with Crippen LogP contribution in [0.15, 0.2) is 53.4 Å². The molecule has 32 heavy (non-hydrogen) atoms. The van der Waals surface area contributed by atoms with E-state index in [9.17, 15) is 13.2 Å². The second-order valence-electron chi connectivity index (χ2n) is 7.67. The van der Waals surface area contributed by atoms with E-state index in [2.05, 4.69) is 15.5 Å². The molecule has 0 spiro atoms. The topological polar surface area (TPSA) is 123 Å². The van der Waals surface area contributed by atoms with E-state index in [1.165, 1.54) is 18.2 Å². The zero-order valence-electron chi connectivity index (χ0n) is 17.4. The summed E-state index contributed by atoms with van der Waals surface area (Å²) in [4.78, 5) is 14.7. The van der Waals surface area contributed by atoms with Gasteiger partial charge in [0.05, 0.1) is 17.5 Å². The number of rotatable bonds is 5. The van der Waals surface area contributed by atoms with E-state index >= 15 is 0 Å². The molecule has 0 bridgehead atoms. The van der Waals surface area contributed by atoms with E-state index in [4.69, 9.17) is 16.7 Å². The Balaban J connectivity index is 1.55. The van der Waals surface area contributed by atoms with E-state index in [0.29, 0.717) is 29.6 Å². The number of aryl methyl sites for hydroxylation is 1. The van der Waals surface area contributed by atoms with Gasteiger partial charge < -0.3 is 14.8 Å². The first-order valence-corrected chi connectivity index (χ1v) is 12.0. The SMILES string of the molecule is Cc1nnc([C@H]2CCCN2C(=O)Nc2cccc(S(N)(=O)=O)c2)n1Cc1ccc(Cl)cc1. The largest absolute Gasteiger partial charge is 0.322 e. The molecule has 1 aromatic heterocycles. The van der Waals surface area contributed by atoms with Crippen molar-refractivity contribution < 1.29 is 13.2 Å². The predicted octanol–water partition coefficient (Wildman–Crippen LogP) is 3.30. The van der Waals surface area contributed by atoms with Gasteiger partial charge in [-0.15, -0.1) is 10.2 Å². The van der Waals surface area contributed by atoms with Crippen molar-refractivity contribution in [2.24, 2.45) is 5.14 Å². The molecule has 2 heterocycles. The Hall–Kier alpha value is -2.95. The second-order valence-corrected chi connectivity index (χ2v) is 9.67. The number of nitrogens with one attached hydrogen (secondary N) is 1. The Morgan fingerprint density at radius 2 is 1.97 bits per heavy atom. The number of anilines is 1. The van der Waals surface area contributed by atoms with Crippen molar-refractivity contribution >= 4 is 33.3 Å². The fourth-order valence-corrected chi connectivity index (χ4v) is 4.52. The summed E-state index contributed by atoms with van der Waals surface area (Å²) in [7, 11) is -3.86. The minimum Gasteiger partial charge on any atom is -0.314 e. The number of likely N-dealkylation sites (tertiary alicyclic amines) is 1. The van der Waals surface area contributed by atoms with Crippen molar-refractivity contribution in [3.05, 3.63) is 70.8 Å². The van der Waals surface area contributed by atoms with Crippen LogP contribution in [0.5, 0.6) is 0 Å². The summed E-state index contributed by atoms with van der Waals surface area (Å²) in [6.45, 7) is 3.00. The predicted molar refractivity (Wildman–Crippen MR) is 121 cm³/mol. The van der Waals surface area contributed by atoms with Crippen molar-refractivity contribution in [2.45, 2.75) is 37.2 Å². The van der Waals surface area contributed by atoms with Gasteiger partial charge in [0, 0.05) is 17.3 Å². The van der Waals surface area contributed by atoms with E-state index in [-0.39, 0.29) is 17.0 Å². The molecule has 1 fully saturated rings. The van der Waals surface area contributed by atoms with Gasteiger partial charge in [-0.1, -0.05) is 29.8 Å². The monoisotopic (exact) mass is 474 g/mol. The molecule has 0 radical (unpaired) electrons. The molecule has 0 unspecified atom stereocenters. The zero-order valence-corrected chi connectivity index (χ0v) is 19.0. The summed E-state index contributed by atoms with van der Waals surface area (Å²) >= 11 is 5.99. The van der Waals surface area contributed by atoms with Gasteiger partial charge in [0.25, 0.3) is 0 Å². The molecule has 1 saturated heterocycles. The Labute approximate surface area is 191 Å². The first-order valence-electron chi connectivity index (χ1n) is 10.1. The van der Waals surface area contributed by atoms with Gasteiger partial charge in [-0.25, -0.2) is 18.4 Å². The lowest BCUT2D eigenvalue weighted by atomic mass is 10.2. The summed E-state index contributed by atoms with van der Waals surface area (Å²) in [6.07, 6.45) is 1.57. The Bertz CT molecular complexity index is 1240. The first-order chi connectivity index (χ1) is 15.2. The normalized spacial score (nSPS) is 16.3. The van der Waals surface area contributed by atoms with Crippen molar-refractivity contribution in [3.8, 4) is 0 Å². The van der Waals surface area contributed by atoms with Crippen LogP contribution in [0, 0.1) is 6.92 Å². The number of halogens is 1. The fourth-order valence-electron chi connectivity index (χ4n) is 3.84. The maximum absolute atomic E-state index is 13.0. The smallest absolute Gasteiger partial charge is 0.314 e. The van der Waals surface area contributed by atoms with E-state index in [0.717, 1.165) is 24.2 Å². The molecule has 2 aromatic carbocycles. The quantitative estimate of drug-likeness (QED) is 0.587. The number of hydrogen-bond acceptors (Lipinski definition) is 5. The average Bonchev–Trinajstić information content (AvgIpc) is 3.36. The van der Waals surface area contributed by atoms with Crippen LogP contribution in [-0.2, 0) is 16.6 Å². The van der Waals surface area contributed by atoms with Crippen molar-refractivity contribution in [1.29, 1.82) is 0 Å². The van der Waals surface area contributed by atoms with E-state index in [1.54, 1.807) is 11.0 Å². The molecule has 168 valence electrons. The van der Waals surface area contributed by atoms with Gasteiger partial charge in [0.1, 0.15) is 5.82 Å². The molecule has 3 aromatic rings. The number of nitrogens with two attached hydrogens (primary N) is 1. The number of amides is 2. The number of sulfonamides is 1. The molecule has 4 rings (SSSR count). The number of aromatic nitrogens is 3. The minimum absolute atomic E-state index is 0.0633. The summed E-state index contributed by atoms with van der Waals surface area (Å²) in [5, 5.41) is 17.2. The number of urea groups is 1. The molecule has 1 atom stereocenters. The highest BCUT2D eigenvalue weighted by molar-refractivity contribution is 7.89. The number of carbonyl (C=O) groups is 1. The lowest BCUT2D eigenvalue weighted by molar-refractivity contribution is 0.204. The third kappa shape index (κ3) is 4.77. The number of nitrogens with zero attached hydrogens (tertiary/aromatic N) is 4. The van der Waals surface area contributed by atoms with Crippen LogP contribution in [0.1, 0.15) is 36.1 Å². The number of hydrogen-bond donors (Lipinski definition) is 2. The van der Waals surface area contributed by atoms with Gasteiger partial charge in [-0.3, -0.25) is 0 Å². The molecule has 0 aliphatic carbocycles. The summed E-state index contributed by atoms with van der Waals surface area (Å²) in [5.41, 5.74) is 1.40. The maximum Gasteiger partial charge on any atom is 0.322 e. The molecular weight excluding hydrogens is 452 g/mol. The number of primary sulfonamides is 1. The molecule has 1 aliphatic heterocycles. The van der Waals surface area contributed by atoms with Crippen LogP contribution in [-0.4, -0.2) is 40.7 Å². The maximum atomic E-state index is 13.0. The standard InChI is InChI=1S/C21H23ClN6O3S/c1-14-25-26-20(28(14)13-15-7-9-16(22)10-8-15)19-6-3-11-27(19)21(29)24-17-4-2-5-18(12-17)32(23,30)31/h2,4-5,7-10,12,19H,3,6,11,13H2,1H3,(H,24,29)(H2,23,30,31)/t19-/m1/s1. The van der Waals surface area contributed by atoms with Crippen LogP contribution in [0.4, 0.5) is 10.5 Å². The molecular formula is C21H23ClN6O3S. The van der Waals surface area contributed by atoms with Crippen LogP contribution in [0.25, 0.3) is 0 Å². The highest BCUT2D eigenvalue weighted by atomic mass is 35.5. The first kappa shape index (κ1) is 22.3. The van der Waals surface area contributed by atoms with E-state index < -0.39 is 10.0 Å². The van der Waals surface area contributed by atoms with E-state index in [1.807, 2.05) is 35.8 Å². The number of benzene rings is 2. The molecule has 9 nitrogen and oxygen atoms in total. The van der Waals surface area contributed by atoms with Gasteiger partial charge in [-0.2, -0.15) is 0 Å². The molecule has 1 aliphatic rings. The van der Waals surface area contributed by atoms with Gasteiger partial charge in [0.15, 0.2) is 5.82 Å². The molecule has 11 heteroatoms. The highest BCUT2D eigenvalue weighted by Gasteiger charge is 2.34. The zero-order chi connectivity index (χ0) is 22.9. The third-order valence-corrected chi connectivity index (χ3v) is 6.61. The van der Waals surface area contributed by atoms with Crippen LogP contribution in [0.2, 0.25) is 5.02 Å². The van der Waals surface area contributed by atoms with Crippen LogP contribution in [0.3, 0.4) is 0 Å². The van der Waals surface area contributed by atoms with Gasteiger partial charge in [0.2, 0.25) is 10.0 Å².